The Labute approximate surface area is 232 Å². The first-order valence-electron chi connectivity index (χ1n) is 14.7. The molecule has 2 nitrogen and oxygen atoms in total. The van der Waals surface area contributed by atoms with E-state index in [4.69, 9.17) is 9.47 Å². The van der Waals surface area contributed by atoms with Crippen molar-refractivity contribution in [2.45, 2.75) is 77.9 Å². The summed E-state index contributed by atoms with van der Waals surface area (Å²) < 4.78 is 11.7. The molecule has 0 aliphatic rings. The van der Waals surface area contributed by atoms with Gasteiger partial charge in [-0.05, 0) is 87.8 Å². The number of rotatable bonds is 19. The fourth-order valence-corrected chi connectivity index (χ4v) is 9.40. The zero-order valence-electron chi connectivity index (χ0n) is 23.6. The van der Waals surface area contributed by atoms with Crippen molar-refractivity contribution in [1.82, 2.24) is 0 Å². The second-order valence-corrected chi connectivity index (χ2v) is 13.6. The van der Waals surface area contributed by atoms with Crippen molar-refractivity contribution in [3.05, 3.63) is 103 Å². The highest BCUT2D eigenvalue weighted by Gasteiger charge is 2.44. The molecule has 0 aromatic heterocycles. The number of hydrogen-bond donors (Lipinski definition) is 0. The van der Waals surface area contributed by atoms with Crippen LogP contribution in [-0.4, -0.2) is 25.7 Å². The summed E-state index contributed by atoms with van der Waals surface area (Å²) in [7, 11) is -1.71. The van der Waals surface area contributed by atoms with E-state index in [2.05, 4.69) is 117 Å². The fraction of sp³-hybridized carbons (Fsp3) is 0.429. The van der Waals surface area contributed by atoms with Crippen LogP contribution in [0.3, 0.4) is 0 Å². The number of ether oxygens (including phenoxy) is 2. The predicted molar refractivity (Wildman–Crippen MR) is 168 cm³/mol. The Hall–Kier alpha value is -2.25. The molecule has 0 heterocycles. The normalized spacial score (nSPS) is 12.0. The van der Waals surface area contributed by atoms with Gasteiger partial charge >= 0.3 is 0 Å². The molecule has 3 heteroatoms. The molecule has 38 heavy (non-hydrogen) atoms. The lowest BCUT2D eigenvalue weighted by atomic mass is 10.1. The summed E-state index contributed by atoms with van der Waals surface area (Å²) in [5.41, 5.74) is 0. The van der Waals surface area contributed by atoms with E-state index in [0.717, 1.165) is 45.3 Å². The maximum absolute atomic E-state index is 5.86. The molecule has 0 spiro atoms. The first-order valence-corrected chi connectivity index (χ1v) is 16.7. The van der Waals surface area contributed by atoms with E-state index in [1.807, 2.05) is 0 Å². The highest BCUT2D eigenvalue weighted by molar-refractivity contribution is 7.95. The van der Waals surface area contributed by atoms with Crippen molar-refractivity contribution in [1.29, 1.82) is 0 Å². The molecular formula is C35H48O2P+. The lowest BCUT2D eigenvalue weighted by Crippen LogP contribution is -2.33. The summed E-state index contributed by atoms with van der Waals surface area (Å²) in [5.74, 6) is 0. The van der Waals surface area contributed by atoms with Gasteiger partial charge in [-0.1, -0.05) is 87.0 Å². The molecule has 204 valence electrons. The molecule has 0 unspecified atom stereocenters. The molecule has 0 aliphatic carbocycles. The van der Waals surface area contributed by atoms with Gasteiger partial charge < -0.3 is 9.47 Å². The zero-order chi connectivity index (χ0) is 26.7. The van der Waals surface area contributed by atoms with Crippen LogP contribution in [0.1, 0.15) is 71.6 Å². The van der Waals surface area contributed by atoms with Crippen LogP contribution >= 0.6 is 7.26 Å². The highest BCUT2D eigenvalue weighted by Crippen LogP contribution is 2.55. The average Bonchev–Trinajstić information content (AvgIpc) is 2.98. The van der Waals surface area contributed by atoms with Gasteiger partial charge in [0.2, 0.25) is 0 Å². The summed E-state index contributed by atoms with van der Waals surface area (Å²) in [6.07, 6.45) is 16.2. The molecule has 3 aromatic rings. The monoisotopic (exact) mass is 531 g/mol. The van der Waals surface area contributed by atoms with Gasteiger partial charge in [-0.15, -0.1) is 0 Å². The number of hydrogen-bond acceptors (Lipinski definition) is 2. The molecule has 0 amide bonds. The van der Waals surface area contributed by atoms with Crippen LogP contribution in [-0.2, 0) is 9.47 Å². The average molecular weight is 532 g/mol. The minimum Gasteiger partial charge on any atom is -0.353 e. The smallest absolute Gasteiger partial charge is 0.157 e. The van der Waals surface area contributed by atoms with Crippen LogP contribution < -0.4 is 15.9 Å². The number of unbranched alkanes of at least 4 members (excludes halogenated alkanes) is 4. The summed E-state index contributed by atoms with van der Waals surface area (Å²) >= 11 is 0. The summed E-state index contributed by atoms with van der Waals surface area (Å²) in [5, 5.41) is 4.43. The van der Waals surface area contributed by atoms with E-state index < -0.39 is 7.26 Å². The maximum Gasteiger partial charge on any atom is 0.157 e. The van der Waals surface area contributed by atoms with E-state index in [0.29, 0.717) is 0 Å². The van der Waals surface area contributed by atoms with Crippen LogP contribution in [0.2, 0.25) is 0 Å². The SMILES string of the molecule is CCCOC(CCCCC/C=C\CCC[P+](c1ccccc1)(c1ccccc1)c1ccccc1)OCCC. The van der Waals surface area contributed by atoms with E-state index >= 15 is 0 Å². The molecule has 3 rings (SSSR count). The van der Waals surface area contributed by atoms with E-state index in [-0.39, 0.29) is 6.29 Å². The Morgan fingerprint density at radius 2 is 1.03 bits per heavy atom. The fourth-order valence-electron chi connectivity index (χ4n) is 5.03. The molecule has 0 fully saturated rings. The number of benzene rings is 3. The van der Waals surface area contributed by atoms with Gasteiger partial charge in [-0.3, -0.25) is 0 Å². The second-order valence-electron chi connectivity index (χ2n) is 9.96. The summed E-state index contributed by atoms with van der Waals surface area (Å²) in [4.78, 5) is 0. The standard InChI is InChI=1S/C35H48O2P/c1-3-29-36-35(37-30-4-2)28-20-9-7-5-6-8-10-21-31-38(32-22-14-11-15-23-32,33-24-16-12-17-25-33)34-26-18-13-19-27-34/h6,8,11-19,22-27,35H,3-5,7,9-10,20-21,28-31H2,1-2H3/q+1/b8-6-. The van der Waals surface area contributed by atoms with Crippen LogP contribution in [0.4, 0.5) is 0 Å². The first kappa shape index (κ1) is 30.3. The Balaban J connectivity index is 1.53. The molecule has 0 saturated heterocycles. The Bertz CT molecular complexity index is 899. The first-order chi connectivity index (χ1) is 18.8. The predicted octanol–water partition coefficient (Wildman–Crippen LogP) is 8.45. The van der Waals surface area contributed by atoms with Crippen molar-refractivity contribution in [3.8, 4) is 0 Å². The summed E-state index contributed by atoms with van der Waals surface area (Å²) in [6, 6.07) is 33.6. The lowest BCUT2D eigenvalue weighted by Gasteiger charge is -2.27. The molecule has 0 atom stereocenters. The van der Waals surface area contributed by atoms with Crippen molar-refractivity contribution >= 4 is 23.2 Å². The molecule has 3 aromatic carbocycles. The van der Waals surface area contributed by atoms with Gasteiger partial charge in [-0.25, -0.2) is 0 Å². The van der Waals surface area contributed by atoms with Crippen molar-refractivity contribution in [2.75, 3.05) is 19.4 Å². The Morgan fingerprint density at radius 1 is 0.579 bits per heavy atom. The van der Waals surface area contributed by atoms with Crippen LogP contribution in [0, 0.1) is 0 Å². The van der Waals surface area contributed by atoms with Crippen LogP contribution in [0.15, 0.2) is 103 Å². The van der Waals surface area contributed by atoms with Crippen molar-refractivity contribution in [2.24, 2.45) is 0 Å². The minimum absolute atomic E-state index is 0.0205. The Morgan fingerprint density at radius 3 is 1.47 bits per heavy atom. The molecule has 0 saturated carbocycles. The molecule has 0 radical (unpaired) electrons. The summed E-state index contributed by atoms with van der Waals surface area (Å²) in [6.45, 7) is 5.88. The third kappa shape index (κ3) is 9.49. The Kier molecular flexibility index (Phi) is 14.4. The quantitative estimate of drug-likeness (QED) is 0.0669. The maximum atomic E-state index is 5.86. The largest absolute Gasteiger partial charge is 0.353 e. The van der Waals surface area contributed by atoms with Gasteiger partial charge in [0.15, 0.2) is 6.29 Å². The topological polar surface area (TPSA) is 18.5 Å². The van der Waals surface area contributed by atoms with E-state index in [9.17, 15) is 0 Å². The van der Waals surface area contributed by atoms with Gasteiger partial charge in [0.1, 0.15) is 23.2 Å². The molecule has 0 N–H and O–H groups in total. The highest BCUT2D eigenvalue weighted by atomic mass is 31.2. The zero-order valence-corrected chi connectivity index (χ0v) is 24.5. The second kappa shape index (κ2) is 18.1. The molecular weight excluding hydrogens is 483 g/mol. The van der Waals surface area contributed by atoms with Gasteiger partial charge in [-0.2, -0.15) is 0 Å². The minimum atomic E-state index is -1.71. The molecule has 0 bridgehead atoms. The van der Waals surface area contributed by atoms with Gasteiger partial charge in [0.25, 0.3) is 0 Å². The van der Waals surface area contributed by atoms with Crippen molar-refractivity contribution < 1.29 is 9.47 Å². The van der Waals surface area contributed by atoms with Gasteiger partial charge in [0, 0.05) is 13.2 Å². The lowest BCUT2D eigenvalue weighted by molar-refractivity contribution is -0.146. The number of allylic oxidation sites excluding steroid dienone is 2. The van der Waals surface area contributed by atoms with E-state index in [1.54, 1.807) is 0 Å². The van der Waals surface area contributed by atoms with Crippen LogP contribution in [0.5, 0.6) is 0 Å². The van der Waals surface area contributed by atoms with Gasteiger partial charge in [0.05, 0.1) is 6.16 Å². The molecule has 0 aliphatic heterocycles. The van der Waals surface area contributed by atoms with Crippen molar-refractivity contribution in [3.63, 3.8) is 0 Å². The van der Waals surface area contributed by atoms with Crippen LogP contribution in [0.25, 0.3) is 0 Å². The third-order valence-electron chi connectivity index (χ3n) is 6.95. The van der Waals surface area contributed by atoms with E-state index in [1.165, 1.54) is 47.8 Å². The third-order valence-corrected chi connectivity index (χ3v) is 11.5.